The number of hydrogen-bond donors (Lipinski definition) is 1. The summed E-state index contributed by atoms with van der Waals surface area (Å²) in [6.45, 7) is 7.95. The SMILES string of the molecule is CCC(C)N(CCOC)c1c(Cl)cccc1CC(C)N. The average molecular weight is 299 g/mol. The minimum atomic E-state index is 0.119. The Morgan fingerprint density at radius 1 is 1.35 bits per heavy atom. The molecule has 0 fully saturated rings. The van der Waals surface area contributed by atoms with Gasteiger partial charge < -0.3 is 15.4 Å². The van der Waals surface area contributed by atoms with Crippen molar-refractivity contribution in [2.45, 2.75) is 45.7 Å². The average Bonchev–Trinajstić information content (AvgIpc) is 2.40. The zero-order valence-electron chi connectivity index (χ0n) is 13.0. The molecule has 114 valence electrons. The van der Waals surface area contributed by atoms with Crippen LogP contribution in [0.1, 0.15) is 32.8 Å². The quantitative estimate of drug-likeness (QED) is 0.798. The first-order valence-corrected chi connectivity index (χ1v) is 7.67. The van der Waals surface area contributed by atoms with Gasteiger partial charge in [-0.1, -0.05) is 30.7 Å². The molecule has 2 atom stereocenters. The van der Waals surface area contributed by atoms with Crippen molar-refractivity contribution in [3.63, 3.8) is 0 Å². The van der Waals surface area contributed by atoms with Gasteiger partial charge in [0.15, 0.2) is 0 Å². The van der Waals surface area contributed by atoms with Crippen LogP contribution in [-0.4, -0.2) is 32.3 Å². The molecule has 1 aromatic rings. The minimum absolute atomic E-state index is 0.119. The van der Waals surface area contributed by atoms with Crippen LogP contribution in [-0.2, 0) is 11.2 Å². The molecule has 0 bridgehead atoms. The second kappa shape index (κ2) is 8.50. The van der Waals surface area contributed by atoms with E-state index in [1.165, 1.54) is 5.56 Å². The Bertz CT molecular complexity index is 409. The summed E-state index contributed by atoms with van der Waals surface area (Å²) in [7, 11) is 1.73. The topological polar surface area (TPSA) is 38.5 Å². The van der Waals surface area contributed by atoms with Crippen LogP contribution in [0.5, 0.6) is 0 Å². The van der Waals surface area contributed by atoms with E-state index in [1.807, 2.05) is 19.1 Å². The molecule has 0 aliphatic carbocycles. The molecule has 2 unspecified atom stereocenters. The smallest absolute Gasteiger partial charge is 0.0642 e. The maximum Gasteiger partial charge on any atom is 0.0642 e. The number of rotatable bonds is 8. The molecule has 4 heteroatoms. The molecule has 0 heterocycles. The molecule has 0 aromatic heterocycles. The van der Waals surface area contributed by atoms with Crippen LogP contribution in [0.2, 0.25) is 5.02 Å². The summed E-state index contributed by atoms with van der Waals surface area (Å²) in [5, 5.41) is 0.791. The van der Waals surface area contributed by atoms with Crippen molar-refractivity contribution < 1.29 is 4.74 Å². The molecular formula is C16H27ClN2O. The first kappa shape index (κ1) is 17.3. The Morgan fingerprint density at radius 2 is 2.05 bits per heavy atom. The number of benzene rings is 1. The van der Waals surface area contributed by atoms with E-state index >= 15 is 0 Å². The number of para-hydroxylation sites is 1. The predicted molar refractivity (Wildman–Crippen MR) is 87.8 cm³/mol. The fourth-order valence-corrected chi connectivity index (χ4v) is 2.66. The number of anilines is 1. The van der Waals surface area contributed by atoms with E-state index in [2.05, 4.69) is 24.8 Å². The Morgan fingerprint density at radius 3 is 2.60 bits per heavy atom. The monoisotopic (exact) mass is 298 g/mol. The zero-order valence-corrected chi connectivity index (χ0v) is 13.8. The lowest BCUT2D eigenvalue weighted by Gasteiger charge is -2.33. The van der Waals surface area contributed by atoms with Gasteiger partial charge in [0.25, 0.3) is 0 Å². The summed E-state index contributed by atoms with van der Waals surface area (Å²) < 4.78 is 5.24. The lowest BCUT2D eigenvalue weighted by Crippen LogP contribution is -2.36. The van der Waals surface area contributed by atoms with Crippen LogP contribution in [0.25, 0.3) is 0 Å². The maximum atomic E-state index is 6.46. The number of ether oxygens (including phenoxy) is 1. The highest BCUT2D eigenvalue weighted by molar-refractivity contribution is 6.33. The van der Waals surface area contributed by atoms with E-state index in [0.717, 1.165) is 30.1 Å². The van der Waals surface area contributed by atoms with Gasteiger partial charge in [-0.3, -0.25) is 0 Å². The fraction of sp³-hybridized carbons (Fsp3) is 0.625. The molecule has 0 saturated carbocycles. The highest BCUT2D eigenvalue weighted by atomic mass is 35.5. The maximum absolute atomic E-state index is 6.46. The van der Waals surface area contributed by atoms with Crippen molar-refractivity contribution in [2.75, 3.05) is 25.2 Å². The zero-order chi connectivity index (χ0) is 15.1. The standard InChI is InChI=1S/C16H27ClN2O/c1-5-13(3)19(9-10-20-4)16-14(11-12(2)18)7-6-8-15(16)17/h6-8,12-13H,5,9-11,18H2,1-4H3. The number of halogens is 1. The number of nitrogens with two attached hydrogens (primary N) is 1. The molecule has 2 N–H and O–H groups in total. The van der Waals surface area contributed by atoms with E-state index in [9.17, 15) is 0 Å². The molecule has 0 saturated heterocycles. The highest BCUT2D eigenvalue weighted by Gasteiger charge is 2.19. The molecule has 0 aliphatic heterocycles. The minimum Gasteiger partial charge on any atom is -0.383 e. The van der Waals surface area contributed by atoms with Gasteiger partial charge in [-0.15, -0.1) is 0 Å². The summed E-state index contributed by atoms with van der Waals surface area (Å²) >= 11 is 6.46. The van der Waals surface area contributed by atoms with E-state index in [4.69, 9.17) is 22.1 Å². The third-order valence-electron chi connectivity index (χ3n) is 3.56. The lowest BCUT2D eigenvalue weighted by molar-refractivity contribution is 0.203. The number of hydrogen-bond acceptors (Lipinski definition) is 3. The third kappa shape index (κ3) is 4.65. The Kier molecular flexibility index (Phi) is 7.35. The van der Waals surface area contributed by atoms with Crippen molar-refractivity contribution in [1.82, 2.24) is 0 Å². The third-order valence-corrected chi connectivity index (χ3v) is 3.86. The second-order valence-corrected chi connectivity index (χ2v) is 5.78. The van der Waals surface area contributed by atoms with Crippen LogP contribution < -0.4 is 10.6 Å². The number of nitrogens with zero attached hydrogens (tertiary/aromatic N) is 1. The molecular weight excluding hydrogens is 272 g/mol. The van der Waals surface area contributed by atoms with E-state index in [-0.39, 0.29) is 6.04 Å². The molecule has 0 amide bonds. The Balaban J connectivity index is 3.15. The van der Waals surface area contributed by atoms with Crippen LogP contribution >= 0.6 is 11.6 Å². The van der Waals surface area contributed by atoms with Gasteiger partial charge in [-0.2, -0.15) is 0 Å². The van der Waals surface area contributed by atoms with Gasteiger partial charge >= 0.3 is 0 Å². The fourth-order valence-electron chi connectivity index (χ4n) is 2.36. The first-order chi connectivity index (χ1) is 9.51. The van der Waals surface area contributed by atoms with Gasteiger partial charge in [0, 0.05) is 25.7 Å². The van der Waals surface area contributed by atoms with Crippen LogP contribution in [0.15, 0.2) is 18.2 Å². The summed E-state index contributed by atoms with van der Waals surface area (Å²) in [4.78, 5) is 2.34. The normalized spacial score (nSPS) is 14.1. The Hall–Kier alpha value is -0.770. The highest BCUT2D eigenvalue weighted by Crippen LogP contribution is 2.32. The second-order valence-electron chi connectivity index (χ2n) is 5.37. The van der Waals surface area contributed by atoms with Crippen molar-refractivity contribution in [2.24, 2.45) is 5.73 Å². The van der Waals surface area contributed by atoms with Gasteiger partial charge in [0.1, 0.15) is 0 Å². The van der Waals surface area contributed by atoms with Gasteiger partial charge in [0.2, 0.25) is 0 Å². The molecule has 0 radical (unpaired) electrons. The molecule has 0 spiro atoms. The summed E-state index contributed by atoms with van der Waals surface area (Å²) in [6, 6.07) is 6.59. The molecule has 0 aliphatic rings. The summed E-state index contributed by atoms with van der Waals surface area (Å²) in [5.41, 5.74) is 8.29. The first-order valence-electron chi connectivity index (χ1n) is 7.29. The van der Waals surface area contributed by atoms with Crippen LogP contribution in [0, 0.1) is 0 Å². The largest absolute Gasteiger partial charge is 0.383 e. The van der Waals surface area contributed by atoms with Crippen LogP contribution in [0.3, 0.4) is 0 Å². The van der Waals surface area contributed by atoms with Crippen molar-refractivity contribution in [1.29, 1.82) is 0 Å². The van der Waals surface area contributed by atoms with E-state index < -0.39 is 0 Å². The van der Waals surface area contributed by atoms with E-state index in [1.54, 1.807) is 7.11 Å². The van der Waals surface area contributed by atoms with Crippen molar-refractivity contribution in [3.8, 4) is 0 Å². The molecule has 1 aromatic carbocycles. The predicted octanol–water partition coefficient (Wildman–Crippen LogP) is 3.48. The lowest BCUT2D eigenvalue weighted by atomic mass is 10.0. The van der Waals surface area contributed by atoms with Crippen molar-refractivity contribution >= 4 is 17.3 Å². The van der Waals surface area contributed by atoms with Crippen LogP contribution in [0.4, 0.5) is 5.69 Å². The summed E-state index contributed by atoms with van der Waals surface area (Å²) in [6.07, 6.45) is 1.89. The number of methoxy groups -OCH3 is 1. The summed E-state index contributed by atoms with van der Waals surface area (Å²) in [5.74, 6) is 0. The van der Waals surface area contributed by atoms with Gasteiger partial charge in [-0.25, -0.2) is 0 Å². The van der Waals surface area contributed by atoms with Crippen molar-refractivity contribution in [3.05, 3.63) is 28.8 Å². The van der Waals surface area contributed by atoms with Gasteiger partial charge in [-0.05, 0) is 38.3 Å². The molecule has 3 nitrogen and oxygen atoms in total. The molecule has 1 rings (SSSR count). The van der Waals surface area contributed by atoms with Gasteiger partial charge in [0.05, 0.1) is 17.3 Å². The Labute approximate surface area is 128 Å². The van der Waals surface area contributed by atoms with E-state index in [0.29, 0.717) is 12.6 Å². The molecule has 20 heavy (non-hydrogen) atoms.